The Morgan fingerprint density at radius 3 is 1.81 bits per heavy atom. The predicted molar refractivity (Wildman–Crippen MR) is 126 cm³/mol. The minimum atomic E-state index is -4.62. The van der Waals surface area contributed by atoms with Crippen LogP contribution in [-0.2, 0) is 0 Å². The van der Waals surface area contributed by atoms with Crippen LogP contribution in [0.15, 0.2) is 24.3 Å². The first-order chi connectivity index (χ1) is 15.4. The summed E-state index contributed by atoms with van der Waals surface area (Å²) in [6, 6.07) is 6.56. The van der Waals surface area contributed by atoms with Gasteiger partial charge in [0, 0.05) is 0 Å². The number of hydrogen-bond donors (Lipinski definition) is 0. The lowest BCUT2D eigenvalue weighted by Crippen LogP contribution is -2.25. The minimum absolute atomic E-state index is 0.122. The molecule has 1 aromatic rings. The Bertz CT molecular complexity index is 623. The molecule has 1 aromatic carbocycles. The smallest absolute Gasteiger partial charge is 0.406 e. The Kier molecular flexibility index (Phi) is 10.2. The van der Waals surface area contributed by atoms with Crippen molar-refractivity contribution < 1.29 is 17.9 Å². The monoisotopic (exact) mass is 452 g/mol. The van der Waals surface area contributed by atoms with Gasteiger partial charge in [-0.15, -0.1) is 13.2 Å². The Morgan fingerprint density at radius 2 is 1.25 bits per heavy atom. The molecule has 2 aliphatic rings. The molecule has 0 aliphatic heterocycles. The standard InChI is InChI=1S/C28H43F3O/c1-2-3-4-5-6-7-8-9-22-10-12-23(13-11-22)24-14-16-25(17-15-24)26-18-20-27(21-19-26)32-28(29,30)31/h18-25H,2-17H2,1H3/t22-,23-,24?,25?. The van der Waals surface area contributed by atoms with E-state index in [-0.39, 0.29) is 5.75 Å². The Hall–Kier alpha value is -1.19. The van der Waals surface area contributed by atoms with E-state index in [1.807, 2.05) is 12.1 Å². The minimum Gasteiger partial charge on any atom is -0.406 e. The summed E-state index contributed by atoms with van der Waals surface area (Å²) < 4.78 is 41.0. The van der Waals surface area contributed by atoms with E-state index in [2.05, 4.69) is 11.7 Å². The lowest BCUT2D eigenvalue weighted by molar-refractivity contribution is -0.274. The summed E-state index contributed by atoms with van der Waals surface area (Å²) in [6.07, 6.45) is 17.3. The molecule has 2 saturated carbocycles. The Morgan fingerprint density at radius 1 is 0.719 bits per heavy atom. The van der Waals surface area contributed by atoms with Crippen molar-refractivity contribution in [1.82, 2.24) is 0 Å². The fraction of sp³-hybridized carbons (Fsp3) is 0.786. The van der Waals surface area contributed by atoms with Crippen molar-refractivity contribution in [2.24, 2.45) is 17.8 Å². The molecule has 0 bridgehead atoms. The summed E-state index contributed by atoms with van der Waals surface area (Å²) in [6.45, 7) is 2.28. The summed E-state index contributed by atoms with van der Waals surface area (Å²) in [7, 11) is 0. The Labute approximate surface area is 193 Å². The van der Waals surface area contributed by atoms with Gasteiger partial charge in [-0.05, 0) is 79.9 Å². The average Bonchev–Trinajstić information content (AvgIpc) is 2.79. The molecule has 0 atom stereocenters. The highest BCUT2D eigenvalue weighted by Crippen LogP contribution is 2.44. The van der Waals surface area contributed by atoms with Gasteiger partial charge in [0.15, 0.2) is 0 Å². The second-order valence-corrected chi connectivity index (χ2v) is 10.4. The van der Waals surface area contributed by atoms with Gasteiger partial charge in [-0.2, -0.15) is 0 Å². The highest BCUT2D eigenvalue weighted by molar-refractivity contribution is 5.29. The topological polar surface area (TPSA) is 9.23 Å². The van der Waals surface area contributed by atoms with Gasteiger partial charge >= 0.3 is 6.36 Å². The van der Waals surface area contributed by atoms with E-state index >= 15 is 0 Å². The summed E-state index contributed by atoms with van der Waals surface area (Å²) >= 11 is 0. The molecular weight excluding hydrogens is 409 g/mol. The quantitative estimate of drug-likeness (QED) is 0.304. The first kappa shape index (κ1) is 25.4. The van der Waals surface area contributed by atoms with Crippen LogP contribution in [0.25, 0.3) is 0 Å². The Balaban J connectivity index is 1.31. The zero-order chi connectivity index (χ0) is 22.8. The van der Waals surface area contributed by atoms with Crippen molar-refractivity contribution in [3.8, 4) is 5.75 Å². The molecular formula is C28H43F3O. The van der Waals surface area contributed by atoms with Crippen LogP contribution in [0, 0.1) is 17.8 Å². The van der Waals surface area contributed by atoms with Crippen molar-refractivity contribution >= 4 is 0 Å². The molecule has 0 spiro atoms. The van der Waals surface area contributed by atoms with Crippen molar-refractivity contribution in [2.45, 2.75) is 122 Å². The number of unbranched alkanes of at least 4 members (excludes halogenated alkanes) is 6. The number of benzene rings is 1. The summed E-state index contributed by atoms with van der Waals surface area (Å²) in [5.41, 5.74) is 1.16. The lowest BCUT2D eigenvalue weighted by atomic mass is 9.68. The maximum atomic E-state index is 12.3. The molecule has 0 N–H and O–H groups in total. The molecule has 0 heterocycles. The van der Waals surface area contributed by atoms with Crippen molar-refractivity contribution in [3.63, 3.8) is 0 Å². The highest BCUT2D eigenvalue weighted by Gasteiger charge is 2.32. The third kappa shape index (κ3) is 8.63. The molecule has 0 radical (unpaired) electrons. The lowest BCUT2D eigenvalue weighted by Gasteiger charge is -2.38. The van der Waals surface area contributed by atoms with E-state index in [9.17, 15) is 13.2 Å². The van der Waals surface area contributed by atoms with E-state index in [1.165, 1.54) is 115 Å². The molecule has 0 aromatic heterocycles. The molecule has 1 nitrogen and oxygen atoms in total. The normalized spacial score (nSPS) is 26.8. The van der Waals surface area contributed by atoms with Crippen molar-refractivity contribution in [1.29, 1.82) is 0 Å². The van der Waals surface area contributed by atoms with E-state index in [0.29, 0.717) is 5.92 Å². The molecule has 2 aliphatic carbocycles. The van der Waals surface area contributed by atoms with Crippen LogP contribution in [0.1, 0.15) is 121 Å². The number of halogens is 3. The van der Waals surface area contributed by atoms with Gasteiger partial charge in [0.2, 0.25) is 0 Å². The number of hydrogen-bond acceptors (Lipinski definition) is 1. The largest absolute Gasteiger partial charge is 0.573 e. The average molecular weight is 453 g/mol. The first-order valence-electron chi connectivity index (χ1n) is 13.3. The number of alkyl halides is 3. The SMILES string of the molecule is CCCCCCCCC[C@H]1CC[C@H](C2CCC(c3ccc(OC(F)(F)F)cc3)CC2)CC1. The number of rotatable bonds is 11. The molecule has 2 fully saturated rings. The second kappa shape index (κ2) is 12.9. The van der Waals surface area contributed by atoms with Gasteiger partial charge in [-0.3, -0.25) is 0 Å². The zero-order valence-corrected chi connectivity index (χ0v) is 20.0. The summed E-state index contributed by atoms with van der Waals surface area (Å²) in [5, 5.41) is 0. The zero-order valence-electron chi connectivity index (χ0n) is 20.0. The molecule has 3 rings (SSSR count). The van der Waals surface area contributed by atoms with Gasteiger partial charge < -0.3 is 4.74 Å². The molecule has 4 heteroatoms. The van der Waals surface area contributed by atoms with Crippen LogP contribution < -0.4 is 4.74 Å². The molecule has 182 valence electrons. The van der Waals surface area contributed by atoms with Gasteiger partial charge in [-0.25, -0.2) is 0 Å². The second-order valence-electron chi connectivity index (χ2n) is 10.4. The van der Waals surface area contributed by atoms with Crippen LogP contribution in [0.4, 0.5) is 13.2 Å². The van der Waals surface area contributed by atoms with Crippen molar-refractivity contribution in [3.05, 3.63) is 29.8 Å². The predicted octanol–water partition coefficient (Wildman–Crippen LogP) is 9.81. The molecule has 0 amide bonds. The van der Waals surface area contributed by atoms with Crippen LogP contribution in [-0.4, -0.2) is 6.36 Å². The first-order valence-corrected chi connectivity index (χ1v) is 13.3. The van der Waals surface area contributed by atoms with Crippen LogP contribution in [0.2, 0.25) is 0 Å². The van der Waals surface area contributed by atoms with E-state index in [4.69, 9.17) is 0 Å². The van der Waals surface area contributed by atoms with Crippen LogP contribution in [0.3, 0.4) is 0 Å². The van der Waals surface area contributed by atoms with Gasteiger partial charge in [0.1, 0.15) is 5.75 Å². The maximum absolute atomic E-state index is 12.3. The fourth-order valence-corrected chi connectivity index (χ4v) is 6.20. The molecule has 0 unspecified atom stereocenters. The van der Waals surface area contributed by atoms with Crippen LogP contribution >= 0.6 is 0 Å². The summed E-state index contributed by atoms with van der Waals surface area (Å²) in [5.74, 6) is 3.10. The third-order valence-electron chi connectivity index (χ3n) is 8.13. The van der Waals surface area contributed by atoms with Gasteiger partial charge in [0.25, 0.3) is 0 Å². The van der Waals surface area contributed by atoms with E-state index < -0.39 is 6.36 Å². The molecule has 32 heavy (non-hydrogen) atoms. The van der Waals surface area contributed by atoms with E-state index in [0.717, 1.165) is 23.3 Å². The fourth-order valence-electron chi connectivity index (χ4n) is 6.20. The highest BCUT2D eigenvalue weighted by atomic mass is 19.4. The summed E-state index contributed by atoms with van der Waals surface area (Å²) in [4.78, 5) is 0. The van der Waals surface area contributed by atoms with Gasteiger partial charge in [-0.1, -0.05) is 83.3 Å². The van der Waals surface area contributed by atoms with Gasteiger partial charge in [0.05, 0.1) is 0 Å². The van der Waals surface area contributed by atoms with Crippen LogP contribution in [0.5, 0.6) is 5.75 Å². The number of ether oxygens (including phenoxy) is 1. The third-order valence-corrected chi connectivity index (χ3v) is 8.13. The van der Waals surface area contributed by atoms with Crippen molar-refractivity contribution in [2.75, 3.05) is 0 Å². The van der Waals surface area contributed by atoms with E-state index in [1.54, 1.807) is 0 Å². The maximum Gasteiger partial charge on any atom is 0.573 e. The molecule has 0 saturated heterocycles.